The highest BCUT2D eigenvalue weighted by Crippen LogP contribution is 2.22. The Morgan fingerprint density at radius 3 is 3.06 bits per heavy atom. The molecule has 4 heteroatoms. The van der Waals surface area contributed by atoms with Crippen molar-refractivity contribution in [2.45, 2.75) is 18.6 Å². The summed E-state index contributed by atoms with van der Waals surface area (Å²) in [5.41, 5.74) is 1.19. The van der Waals surface area contributed by atoms with E-state index < -0.39 is 0 Å². The lowest BCUT2D eigenvalue weighted by Crippen LogP contribution is -2.40. The van der Waals surface area contributed by atoms with Gasteiger partial charge in [0.15, 0.2) is 0 Å². The third-order valence-corrected chi connectivity index (χ3v) is 5.36. The van der Waals surface area contributed by atoms with E-state index in [-0.39, 0.29) is 0 Å². The highest BCUT2D eigenvalue weighted by Gasteiger charge is 2.18. The molecule has 1 aliphatic rings. The van der Waals surface area contributed by atoms with Crippen LogP contribution in [0.2, 0.25) is 0 Å². The van der Waals surface area contributed by atoms with Gasteiger partial charge in [-0.25, -0.2) is 0 Å². The van der Waals surface area contributed by atoms with Gasteiger partial charge in [0.1, 0.15) is 0 Å². The van der Waals surface area contributed by atoms with Crippen LogP contribution in [0.5, 0.6) is 0 Å². The smallest absolute Gasteiger partial charge is 0.0485 e. The zero-order chi connectivity index (χ0) is 12.8. The van der Waals surface area contributed by atoms with Crippen molar-refractivity contribution >= 4 is 33.4 Å². The van der Waals surface area contributed by atoms with E-state index in [2.05, 4.69) is 63.0 Å². The van der Waals surface area contributed by atoms with Crippen LogP contribution in [0.25, 0.3) is 0 Å². The molecule has 1 unspecified atom stereocenters. The van der Waals surface area contributed by atoms with Crippen molar-refractivity contribution in [2.24, 2.45) is 0 Å². The number of thioether (sulfide) groups is 1. The topological polar surface area (TPSA) is 15.3 Å². The minimum atomic E-state index is 0.835. The number of nitrogens with one attached hydrogen (secondary N) is 1. The first kappa shape index (κ1) is 14.2. The van der Waals surface area contributed by atoms with E-state index in [1.54, 1.807) is 0 Å². The van der Waals surface area contributed by atoms with Gasteiger partial charge in [-0.1, -0.05) is 19.1 Å². The van der Waals surface area contributed by atoms with Crippen LogP contribution in [0.3, 0.4) is 0 Å². The second-order valence-corrected chi connectivity index (χ2v) is 6.87. The molecule has 1 aliphatic heterocycles. The first-order valence-corrected chi connectivity index (χ1v) is 8.46. The van der Waals surface area contributed by atoms with Crippen LogP contribution in [-0.2, 0) is 0 Å². The summed E-state index contributed by atoms with van der Waals surface area (Å²) in [5.74, 6) is 1.29. The number of para-hydroxylation sites is 1. The van der Waals surface area contributed by atoms with Crippen LogP contribution >= 0.6 is 27.7 Å². The second-order valence-electron chi connectivity index (χ2n) is 4.61. The van der Waals surface area contributed by atoms with Gasteiger partial charge in [0.2, 0.25) is 0 Å². The molecule has 0 aromatic heterocycles. The molecule has 1 N–H and O–H groups in total. The van der Waals surface area contributed by atoms with Crippen LogP contribution in [0.1, 0.15) is 13.3 Å². The average molecular weight is 329 g/mol. The number of benzene rings is 1. The molecule has 1 atom stereocenters. The lowest BCUT2D eigenvalue weighted by Gasteiger charge is -2.31. The summed E-state index contributed by atoms with van der Waals surface area (Å²) in [6, 6.07) is 8.30. The number of nitrogens with zero attached hydrogens (tertiary/aromatic N) is 1. The third-order valence-electron chi connectivity index (χ3n) is 3.30. The molecular weight excluding hydrogens is 308 g/mol. The lowest BCUT2D eigenvalue weighted by atomic mass is 10.3. The van der Waals surface area contributed by atoms with Crippen molar-refractivity contribution < 1.29 is 0 Å². The van der Waals surface area contributed by atoms with Gasteiger partial charge in [0.05, 0.1) is 0 Å². The molecule has 1 aromatic rings. The van der Waals surface area contributed by atoms with E-state index in [0.29, 0.717) is 0 Å². The standard InChI is InChI=1S/C14H21BrN2S/c1-2-12-11-17(9-10-18-12)8-7-16-14-6-4-3-5-13(14)15/h3-6,12,16H,2,7-11H2,1H3. The summed E-state index contributed by atoms with van der Waals surface area (Å²) < 4.78 is 1.14. The van der Waals surface area contributed by atoms with Crippen LogP contribution in [0, 0.1) is 0 Å². The maximum Gasteiger partial charge on any atom is 0.0485 e. The van der Waals surface area contributed by atoms with Gasteiger partial charge in [-0.15, -0.1) is 0 Å². The fraction of sp³-hybridized carbons (Fsp3) is 0.571. The zero-order valence-corrected chi connectivity index (χ0v) is 13.3. The highest BCUT2D eigenvalue weighted by atomic mass is 79.9. The molecule has 18 heavy (non-hydrogen) atoms. The van der Waals surface area contributed by atoms with E-state index in [4.69, 9.17) is 0 Å². The molecule has 1 aromatic carbocycles. The predicted octanol–water partition coefficient (Wildman–Crippen LogP) is 3.69. The number of anilines is 1. The van der Waals surface area contributed by atoms with Gasteiger partial charge < -0.3 is 5.32 Å². The summed E-state index contributed by atoms with van der Waals surface area (Å²) in [7, 11) is 0. The van der Waals surface area contributed by atoms with E-state index in [1.165, 1.54) is 31.0 Å². The number of hydrogen-bond acceptors (Lipinski definition) is 3. The molecule has 0 amide bonds. The normalized spacial score (nSPS) is 20.9. The number of halogens is 1. The second kappa shape index (κ2) is 7.41. The molecule has 0 aliphatic carbocycles. The van der Waals surface area contributed by atoms with Crippen molar-refractivity contribution in [3.63, 3.8) is 0 Å². The van der Waals surface area contributed by atoms with E-state index >= 15 is 0 Å². The van der Waals surface area contributed by atoms with Gasteiger partial charge in [-0.05, 0) is 34.5 Å². The molecule has 1 heterocycles. The van der Waals surface area contributed by atoms with Gasteiger partial charge in [-0.3, -0.25) is 4.90 Å². The van der Waals surface area contributed by atoms with Crippen molar-refractivity contribution in [2.75, 3.05) is 37.2 Å². The Morgan fingerprint density at radius 1 is 1.44 bits per heavy atom. The quantitative estimate of drug-likeness (QED) is 0.887. The molecule has 0 spiro atoms. The SMILES string of the molecule is CCC1CN(CCNc2ccccc2Br)CCS1. The Labute approximate surface area is 123 Å². The molecule has 2 nitrogen and oxygen atoms in total. The first-order valence-electron chi connectivity index (χ1n) is 6.62. The molecule has 1 saturated heterocycles. The predicted molar refractivity (Wildman–Crippen MR) is 85.6 cm³/mol. The number of rotatable bonds is 5. The molecule has 0 bridgehead atoms. The summed E-state index contributed by atoms with van der Waals surface area (Å²) in [6.45, 7) is 6.93. The largest absolute Gasteiger partial charge is 0.383 e. The Balaban J connectivity index is 1.73. The molecule has 1 fully saturated rings. The number of hydrogen-bond donors (Lipinski definition) is 1. The van der Waals surface area contributed by atoms with Crippen molar-refractivity contribution in [3.05, 3.63) is 28.7 Å². The van der Waals surface area contributed by atoms with Crippen molar-refractivity contribution in [3.8, 4) is 0 Å². The maximum atomic E-state index is 3.56. The van der Waals surface area contributed by atoms with Crippen LogP contribution in [-0.4, -0.2) is 42.1 Å². The Morgan fingerprint density at radius 2 is 2.28 bits per heavy atom. The third kappa shape index (κ3) is 4.18. The van der Waals surface area contributed by atoms with Crippen LogP contribution < -0.4 is 5.32 Å². The lowest BCUT2D eigenvalue weighted by molar-refractivity contribution is 0.292. The van der Waals surface area contributed by atoms with Gasteiger partial charge >= 0.3 is 0 Å². The summed E-state index contributed by atoms with van der Waals surface area (Å²) >= 11 is 5.69. The summed E-state index contributed by atoms with van der Waals surface area (Å²) in [4.78, 5) is 2.58. The fourth-order valence-electron chi connectivity index (χ4n) is 2.18. The maximum absolute atomic E-state index is 3.56. The highest BCUT2D eigenvalue weighted by molar-refractivity contribution is 9.10. The molecule has 0 radical (unpaired) electrons. The van der Waals surface area contributed by atoms with Gasteiger partial charge in [-0.2, -0.15) is 11.8 Å². The molecule has 100 valence electrons. The van der Waals surface area contributed by atoms with Gasteiger partial charge in [0.25, 0.3) is 0 Å². The molecule has 2 rings (SSSR count). The van der Waals surface area contributed by atoms with Crippen LogP contribution in [0.15, 0.2) is 28.7 Å². The Bertz CT molecular complexity index is 373. The average Bonchev–Trinajstić information content (AvgIpc) is 2.41. The van der Waals surface area contributed by atoms with Gasteiger partial charge in [0, 0.05) is 47.3 Å². The van der Waals surface area contributed by atoms with E-state index in [9.17, 15) is 0 Å². The summed E-state index contributed by atoms with van der Waals surface area (Å²) in [6.07, 6.45) is 1.29. The van der Waals surface area contributed by atoms with E-state index in [0.717, 1.165) is 22.8 Å². The molecule has 0 saturated carbocycles. The minimum Gasteiger partial charge on any atom is -0.383 e. The Kier molecular flexibility index (Phi) is 5.86. The molecular formula is C14H21BrN2S. The monoisotopic (exact) mass is 328 g/mol. The van der Waals surface area contributed by atoms with Crippen molar-refractivity contribution in [1.29, 1.82) is 0 Å². The minimum absolute atomic E-state index is 0.835. The fourth-order valence-corrected chi connectivity index (χ4v) is 3.86. The first-order chi connectivity index (χ1) is 8.79. The Hall–Kier alpha value is -0.190. The van der Waals surface area contributed by atoms with Crippen molar-refractivity contribution in [1.82, 2.24) is 4.90 Å². The van der Waals surface area contributed by atoms with Crippen LogP contribution in [0.4, 0.5) is 5.69 Å². The zero-order valence-electron chi connectivity index (χ0n) is 10.9. The van der Waals surface area contributed by atoms with E-state index in [1.807, 2.05) is 6.07 Å². The summed E-state index contributed by atoms with van der Waals surface area (Å²) in [5, 5.41) is 4.33.